The van der Waals surface area contributed by atoms with Gasteiger partial charge in [0.25, 0.3) is 5.91 Å². The third kappa shape index (κ3) is 4.03. The smallest absolute Gasteiger partial charge is 0.255 e. The van der Waals surface area contributed by atoms with Crippen LogP contribution in [0, 0.1) is 13.8 Å². The van der Waals surface area contributed by atoms with Crippen LogP contribution < -0.4 is 5.32 Å². The maximum absolute atomic E-state index is 12.8. The summed E-state index contributed by atoms with van der Waals surface area (Å²) in [6.45, 7) is 5.59. The summed E-state index contributed by atoms with van der Waals surface area (Å²) in [5, 5.41) is 8.04. The van der Waals surface area contributed by atoms with Gasteiger partial charge in [0.1, 0.15) is 0 Å². The molecule has 2 aromatic heterocycles. The predicted molar refractivity (Wildman–Crippen MR) is 106 cm³/mol. The molecule has 2 aliphatic rings. The van der Waals surface area contributed by atoms with E-state index in [1.165, 1.54) is 12.8 Å². The quantitative estimate of drug-likeness (QED) is 0.845. The van der Waals surface area contributed by atoms with Gasteiger partial charge in [-0.1, -0.05) is 0 Å². The molecule has 0 spiro atoms. The number of nitrogens with zero attached hydrogens (tertiary/aromatic N) is 4. The van der Waals surface area contributed by atoms with Gasteiger partial charge in [-0.2, -0.15) is 5.10 Å². The Balaban J connectivity index is 0.00000121. The average molecular weight is 398 g/mol. The number of carbonyl (C=O) groups is 1. The van der Waals surface area contributed by atoms with E-state index in [1.54, 1.807) is 10.9 Å². The molecule has 4 heterocycles. The van der Waals surface area contributed by atoms with Gasteiger partial charge in [0, 0.05) is 37.1 Å². The zero-order valence-corrected chi connectivity index (χ0v) is 16.6. The number of aromatic nitrogens is 3. The summed E-state index contributed by atoms with van der Waals surface area (Å²) in [5.41, 5.74) is 2.65. The van der Waals surface area contributed by atoms with E-state index in [-0.39, 0.29) is 30.7 Å². The van der Waals surface area contributed by atoms with Gasteiger partial charge in [-0.3, -0.25) is 4.79 Å². The van der Waals surface area contributed by atoms with Gasteiger partial charge >= 0.3 is 0 Å². The molecule has 0 radical (unpaired) electrons. The minimum absolute atomic E-state index is 0. The molecule has 2 atom stereocenters. The standard InChI is InChI=1S/C18H23N5O.2ClH/c1-12-9-13(2)23(21-12)17-6-3-14(10-19-17)18(24)22-8-7-15-4-5-16(11-22)20-15;;/h3,6,9-10,15-16,20H,4-5,7-8,11H2,1-2H3;2*1H. The van der Waals surface area contributed by atoms with E-state index in [0.29, 0.717) is 17.6 Å². The maximum atomic E-state index is 12.8. The van der Waals surface area contributed by atoms with Gasteiger partial charge in [0.2, 0.25) is 0 Å². The van der Waals surface area contributed by atoms with Crippen LogP contribution in [0.4, 0.5) is 0 Å². The Morgan fingerprint density at radius 2 is 1.92 bits per heavy atom. The highest BCUT2D eigenvalue weighted by Crippen LogP contribution is 2.21. The van der Waals surface area contributed by atoms with E-state index in [4.69, 9.17) is 0 Å². The number of likely N-dealkylation sites (tertiary alicyclic amines) is 1. The fraction of sp³-hybridized carbons (Fsp3) is 0.500. The van der Waals surface area contributed by atoms with Crippen molar-refractivity contribution >= 4 is 30.7 Å². The van der Waals surface area contributed by atoms with Crippen LogP contribution in [0.3, 0.4) is 0 Å². The number of fused-ring (bicyclic) bond motifs is 2. The number of pyridine rings is 1. The third-order valence-electron chi connectivity index (χ3n) is 5.03. The molecular weight excluding hydrogens is 373 g/mol. The topological polar surface area (TPSA) is 63.1 Å². The van der Waals surface area contributed by atoms with E-state index >= 15 is 0 Å². The molecule has 0 aliphatic carbocycles. The van der Waals surface area contributed by atoms with E-state index in [0.717, 1.165) is 36.7 Å². The molecule has 2 aromatic rings. The number of carbonyl (C=O) groups excluding carboxylic acids is 1. The highest BCUT2D eigenvalue weighted by Gasteiger charge is 2.31. The lowest BCUT2D eigenvalue weighted by Crippen LogP contribution is -2.39. The number of amides is 1. The zero-order valence-electron chi connectivity index (χ0n) is 15.0. The fourth-order valence-electron chi connectivity index (χ4n) is 3.81. The van der Waals surface area contributed by atoms with E-state index in [1.807, 2.05) is 36.9 Å². The molecule has 0 saturated carbocycles. The molecule has 1 N–H and O–H groups in total. The number of hydrogen-bond acceptors (Lipinski definition) is 4. The number of hydrogen-bond donors (Lipinski definition) is 1. The monoisotopic (exact) mass is 397 g/mol. The van der Waals surface area contributed by atoms with Gasteiger partial charge in [-0.25, -0.2) is 9.67 Å². The average Bonchev–Trinajstić information content (AvgIpc) is 3.08. The Kier molecular flexibility index (Phi) is 6.66. The summed E-state index contributed by atoms with van der Waals surface area (Å²) in [6, 6.07) is 6.77. The molecule has 26 heavy (non-hydrogen) atoms. The molecule has 1 amide bonds. The first kappa shape index (κ1) is 20.7. The molecule has 0 aromatic carbocycles. The summed E-state index contributed by atoms with van der Waals surface area (Å²) in [5.74, 6) is 0.825. The first-order chi connectivity index (χ1) is 11.6. The van der Waals surface area contributed by atoms with Crippen molar-refractivity contribution in [3.63, 3.8) is 0 Å². The van der Waals surface area contributed by atoms with Crippen molar-refractivity contribution in [3.8, 4) is 5.82 Å². The Morgan fingerprint density at radius 3 is 2.58 bits per heavy atom. The lowest BCUT2D eigenvalue weighted by atomic mass is 10.1. The van der Waals surface area contributed by atoms with Gasteiger partial charge < -0.3 is 10.2 Å². The summed E-state index contributed by atoms with van der Waals surface area (Å²) < 4.78 is 1.80. The van der Waals surface area contributed by atoms with Crippen LogP contribution in [0.15, 0.2) is 24.4 Å². The third-order valence-corrected chi connectivity index (χ3v) is 5.03. The molecule has 2 bridgehead atoms. The number of halogens is 2. The Bertz CT molecular complexity index is 761. The number of rotatable bonds is 2. The Hall–Kier alpha value is -1.63. The molecule has 6 nitrogen and oxygen atoms in total. The lowest BCUT2D eigenvalue weighted by Gasteiger charge is -2.24. The molecule has 2 fully saturated rings. The van der Waals surface area contributed by atoms with Crippen LogP contribution in [0.25, 0.3) is 5.82 Å². The SMILES string of the molecule is Cc1cc(C)n(-c2ccc(C(=O)N3CCC4CCC(C3)N4)cn2)n1.Cl.Cl. The van der Waals surface area contributed by atoms with Crippen LogP contribution >= 0.6 is 24.8 Å². The van der Waals surface area contributed by atoms with Crippen molar-refractivity contribution in [2.45, 2.75) is 45.2 Å². The van der Waals surface area contributed by atoms with E-state index in [9.17, 15) is 4.79 Å². The lowest BCUT2D eigenvalue weighted by molar-refractivity contribution is 0.0747. The van der Waals surface area contributed by atoms with Crippen LogP contribution in [-0.4, -0.2) is 50.7 Å². The minimum atomic E-state index is 0. The van der Waals surface area contributed by atoms with Crippen molar-refractivity contribution in [3.05, 3.63) is 41.3 Å². The largest absolute Gasteiger partial charge is 0.337 e. The van der Waals surface area contributed by atoms with Crippen molar-refractivity contribution < 1.29 is 4.79 Å². The first-order valence-corrected chi connectivity index (χ1v) is 8.65. The second-order valence-electron chi connectivity index (χ2n) is 6.92. The first-order valence-electron chi connectivity index (χ1n) is 8.65. The molecule has 2 aliphatic heterocycles. The second kappa shape index (κ2) is 8.37. The Labute approximate surface area is 166 Å². The van der Waals surface area contributed by atoms with Crippen LogP contribution in [-0.2, 0) is 0 Å². The van der Waals surface area contributed by atoms with Crippen molar-refractivity contribution in [2.24, 2.45) is 0 Å². The van der Waals surface area contributed by atoms with Crippen molar-refractivity contribution in [1.29, 1.82) is 0 Å². The van der Waals surface area contributed by atoms with Crippen molar-refractivity contribution in [1.82, 2.24) is 25.0 Å². The summed E-state index contributed by atoms with van der Waals surface area (Å²) in [7, 11) is 0. The second-order valence-corrected chi connectivity index (χ2v) is 6.92. The zero-order chi connectivity index (χ0) is 16.7. The maximum Gasteiger partial charge on any atom is 0.255 e. The van der Waals surface area contributed by atoms with E-state index in [2.05, 4.69) is 15.4 Å². The summed E-state index contributed by atoms with van der Waals surface area (Å²) >= 11 is 0. The summed E-state index contributed by atoms with van der Waals surface area (Å²) in [4.78, 5) is 19.2. The molecule has 2 saturated heterocycles. The van der Waals surface area contributed by atoms with Crippen LogP contribution in [0.1, 0.15) is 41.0 Å². The molecule has 8 heteroatoms. The van der Waals surface area contributed by atoms with Crippen molar-refractivity contribution in [2.75, 3.05) is 13.1 Å². The fourth-order valence-corrected chi connectivity index (χ4v) is 3.81. The van der Waals surface area contributed by atoms with Gasteiger partial charge in [-0.15, -0.1) is 24.8 Å². The molecule has 4 rings (SSSR count). The highest BCUT2D eigenvalue weighted by molar-refractivity contribution is 5.94. The van der Waals surface area contributed by atoms with Crippen LogP contribution in [0.2, 0.25) is 0 Å². The van der Waals surface area contributed by atoms with Gasteiger partial charge in [0.05, 0.1) is 11.3 Å². The molecular formula is C18H25Cl2N5O. The molecule has 142 valence electrons. The minimum Gasteiger partial charge on any atom is -0.337 e. The van der Waals surface area contributed by atoms with Gasteiger partial charge in [0.15, 0.2) is 5.82 Å². The highest BCUT2D eigenvalue weighted by atomic mass is 35.5. The summed E-state index contributed by atoms with van der Waals surface area (Å²) in [6.07, 6.45) is 5.12. The predicted octanol–water partition coefficient (Wildman–Crippen LogP) is 2.69. The van der Waals surface area contributed by atoms with Crippen LogP contribution in [0.5, 0.6) is 0 Å². The van der Waals surface area contributed by atoms with E-state index < -0.39 is 0 Å². The normalized spacial score (nSPS) is 21.5. The molecule has 2 unspecified atom stereocenters. The number of nitrogens with one attached hydrogen (secondary N) is 1. The Morgan fingerprint density at radius 1 is 1.15 bits per heavy atom. The van der Waals surface area contributed by atoms with Gasteiger partial charge in [-0.05, 0) is 51.3 Å². The number of aryl methyl sites for hydroxylation is 2.